The maximum Gasteiger partial charge on any atom is 0.0459 e. The Bertz CT molecular complexity index is 43.7. The van der Waals surface area contributed by atoms with Crippen molar-refractivity contribution in [1.29, 1.82) is 0 Å². The zero-order valence-corrected chi connectivity index (χ0v) is 5.56. The molecule has 0 aliphatic carbocycles. The van der Waals surface area contributed by atoms with Gasteiger partial charge >= 0.3 is 0 Å². The molecule has 0 aromatic rings. The number of unbranched alkanes of at least 4 members (excludes halogenated alkanes) is 1. The predicted octanol–water partition coefficient (Wildman–Crippen LogP) is 1.62. The van der Waals surface area contributed by atoms with Gasteiger partial charge in [0, 0.05) is 6.61 Å². The Balaban J connectivity index is 2.86. The van der Waals surface area contributed by atoms with E-state index in [-0.39, 0.29) is 12.5 Å². The fraction of sp³-hybridized carbons (Fsp3) is 0.857. The van der Waals surface area contributed by atoms with E-state index in [2.05, 4.69) is 13.8 Å². The number of rotatable bonds is 4. The van der Waals surface area contributed by atoms with Crippen molar-refractivity contribution in [2.24, 2.45) is 5.92 Å². The molecule has 1 unspecified atom stereocenters. The first-order valence-corrected chi connectivity index (χ1v) is 3.25. The van der Waals surface area contributed by atoms with Gasteiger partial charge in [0.25, 0.3) is 0 Å². The molecule has 0 saturated heterocycles. The molecule has 1 atom stereocenters. The maximum atomic E-state index is 8.50. The lowest BCUT2D eigenvalue weighted by molar-refractivity contribution is 0.242. The second-order valence-electron chi connectivity index (χ2n) is 2.19. The Morgan fingerprint density at radius 2 is 2.25 bits per heavy atom. The van der Waals surface area contributed by atoms with Crippen LogP contribution in [0.2, 0.25) is 0 Å². The summed E-state index contributed by atoms with van der Waals surface area (Å²) in [6.45, 7) is 6.12. The molecule has 0 heterocycles. The Morgan fingerprint density at radius 1 is 1.62 bits per heavy atom. The van der Waals surface area contributed by atoms with Crippen molar-refractivity contribution in [3.63, 3.8) is 0 Å². The van der Waals surface area contributed by atoms with Crippen LogP contribution in [0.1, 0.15) is 26.2 Å². The third-order valence-electron chi connectivity index (χ3n) is 1.22. The van der Waals surface area contributed by atoms with Gasteiger partial charge in [0.15, 0.2) is 0 Å². The Labute approximate surface area is 51.7 Å². The van der Waals surface area contributed by atoms with Gasteiger partial charge in [0.05, 0.1) is 0 Å². The van der Waals surface area contributed by atoms with E-state index in [4.69, 9.17) is 5.11 Å². The smallest absolute Gasteiger partial charge is 0.0459 e. The molecule has 49 valence electrons. The van der Waals surface area contributed by atoms with Gasteiger partial charge in [-0.1, -0.05) is 19.8 Å². The molecule has 0 fully saturated rings. The molecule has 0 amide bonds. The molecule has 0 spiro atoms. The highest BCUT2D eigenvalue weighted by Crippen LogP contribution is 2.04. The molecule has 1 nitrogen and oxygen atoms in total. The summed E-state index contributed by atoms with van der Waals surface area (Å²) in [6, 6.07) is 0. The fourth-order valence-corrected chi connectivity index (χ4v) is 0.584. The molecule has 0 aromatic carbocycles. The summed E-state index contributed by atoms with van der Waals surface area (Å²) in [4.78, 5) is 0. The first-order valence-electron chi connectivity index (χ1n) is 3.25. The van der Waals surface area contributed by atoms with E-state index in [9.17, 15) is 0 Å². The van der Waals surface area contributed by atoms with E-state index < -0.39 is 0 Å². The van der Waals surface area contributed by atoms with E-state index in [1.54, 1.807) is 0 Å². The van der Waals surface area contributed by atoms with Gasteiger partial charge in [0.2, 0.25) is 0 Å². The summed E-state index contributed by atoms with van der Waals surface area (Å²) in [5.41, 5.74) is 0. The van der Waals surface area contributed by atoms with Crippen molar-refractivity contribution in [2.45, 2.75) is 26.2 Å². The van der Waals surface area contributed by atoms with Gasteiger partial charge in [-0.3, -0.25) is 0 Å². The minimum Gasteiger partial charge on any atom is -0.396 e. The van der Waals surface area contributed by atoms with Crippen LogP contribution >= 0.6 is 0 Å². The van der Waals surface area contributed by atoms with Crippen molar-refractivity contribution in [2.75, 3.05) is 6.61 Å². The number of hydrogen-bond acceptors (Lipinski definition) is 1. The summed E-state index contributed by atoms with van der Waals surface area (Å²) >= 11 is 0. The SMILES string of the molecule is [CH2]C(CO)CCCC. The summed E-state index contributed by atoms with van der Waals surface area (Å²) in [6.07, 6.45) is 3.45. The molecule has 0 bridgehead atoms. The lowest BCUT2D eigenvalue weighted by Crippen LogP contribution is -1.99. The van der Waals surface area contributed by atoms with E-state index in [0.29, 0.717) is 0 Å². The first kappa shape index (κ1) is 7.96. The highest BCUT2D eigenvalue weighted by atomic mass is 16.3. The van der Waals surface area contributed by atoms with Crippen LogP contribution in [-0.4, -0.2) is 11.7 Å². The molecular formula is C7H15O. The standard InChI is InChI=1S/C7H15O/c1-3-4-5-7(2)6-8/h7-8H,2-6H2,1H3. The molecule has 1 radical (unpaired) electrons. The number of aliphatic hydroxyl groups excluding tert-OH is 1. The Morgan fingerprint density at radius 3 is 2.62 bits per heavy atom. The zero-order valence-electron chi connectivity index (χ0n) is 5.56. The molecule has 0 aliphatic heterocycles. The fourth-order valence-electron chi connectivity index (χ4n) is 0.584. The van der Waals surface area contributed by atoms with E-state index in [1.807, 2.05) is 0 Å². The molecule has 0 aromatic heterocycles. The van der Waals surface area contributed by atoms with E-state index >= 15 is 0 Å². The van der Waals surface area contributed by atoms with Gasteiger partial charge in [-0.15, -0.1) is 0 Å². The highest BCUT2D eigenvalue weighted by molar-refractivity contribution is 4.57. The topological polar surface area (TPSA) is 20.2 Å². The molecule has 0 saturated carbocycles. The van der Waals surface area contributed by atoms with Crippen LogP contribution in [0.25, 0.3) is 0 Å². The van der Waals surface area contributed by atoms with E-state index in [0.717, 1.165) is 6.42 Å². The van der Waals surface area contributed by atoms with Crippen molar-refractivity contribution >= 4 is 0 Å². The average molecular weight is 115 g/mol. The van der Waals surface area contributed by atoms with Crippen molar-refractivity contribution in [1.82, 2.24) is 0 Å². The third kappa shape index (κ3) is 4.13. The normalized spacial score (nSPS) is 13.9. The van der Waals surface area contributed by atoms with Gasteiger partial charge < -0.3 is 5.11 Å². The average Bonchev–Trinajstić information content (AvgIpc) is 1.83. The minimum absolute atomic E-state index is 0.236. The Hall–Kier alpha value is -0.0400. The van der Waals surface area contributed by atoms with Crippen molar-refractivity contribution in [3.05, 3.63) is 6.92 Å². The minimum atomic E-state index is 0.236. The molecular weight excluding hydrogens is 100 g/mol. The van der Waals surface area contributed by atoms with E-state index in [1.165, 1.54) is 12.8 Å². The second kappa shape index (κ2) is 5.10. The van der Waals surface area contributed by atoms with Crippen LogP contribution in [0.3, 0.4) is 0 Å². The van der Waals surface area contributed by atoms with Crippen LogP contribution in [0.4, 0.5) is 0 Å². The van der Waals surface area contributed by atoms with Crippen LogP contribution in [-0.2, 0) is 0 Å². The van der Waals surface area contributed by atoms with Gasteiger partial charge in [-0.2, -0.15) is 0 Å². The van der Waals surface area contributed by atoms with Crippen molar-refractivity contribution < 1.29 is 5.11 Å². The molecule has 0 rings (SSSR count). The van der Waals surface area contributed by atoms with Crippen molar-refractivity contribution in [3.8, 4) is 0 Å². The quantitative estimate of drug-likeness (QED) is 0.590. The summed E-state index contributed by atoms with van der Waals surface area (Å²) in [5.74, 6) is 0.259. The summed E-state index contributed by atoms with van der Waals surface area (Å²) < 4.78 is 0. The first-order chi connectivity index (χ1) is 3.81. The lowest BCUT2D eigenvalue weighted by Gasteiger charge is -2.03. The number of hydrogen-bond donors (Lipinski definition) is 1. The van der Waals surface area contributed by atoms with Crippen LogP contribution in [0.5, 0.6) is 0 Å². The Kier molecular flexibility index (Phi) is 5.08. The molecule has 8 heavy (non-hydrogen) atoms. The molecule has 1 N–H and O–H groups in total. The predicted molar refractivity (Wildman–Crippen MR) is 35.5 cm³/mol. The summed E-state index contributed by atoms with van der Waals surface area (Å²) in [5, 5.41) is 8.50. The van der Waals surface area contributed by atoms with Gasteiger partial charge in [-0.25, -0.2) is 0 Å². The summed E-state index contributed by atoms with van der Waals surface area (Å²) in [7, 11) is 0. The number of aliphatic hydroxyl groups is 1. The molecule has 0 aliphatic rings. The molecule has 1 heteroatoms. The largest absolute Gasteiger partial charge is 0.396 e. The monoisotopic (exact) mass is 115 g/mol. The van der Waals surface area contributed by atoms with Gasteiger partial charge in [-0.05, 0) is 19.3 Å². The third-order valence-corrected chi connectivity index (χ3v) is 1.22. The van der Waals surface area contributed by atoms with Crippen LogP contribution in [0.15, 0.2) is 0 Å². The van der Waals surface area contributed by atoms with Gasteiger partial charge in [0.1, 0.15) is 0 Å². The van der Waals surface area contributed by atoms with Crippen LogP contribution in [0, 0.1) is 12.8 Å². The lowest BCUT2D eigenvalue weighted by atomic mass is 10.1. The van der Waals surface area contributed by atoms with Crippen LogP contribution < -0.4 is 0 Å². The second-order valence-corrected chi connectivity index (χ2v) is 2.19. The zero-order chi connectivity index (χ0) is 6.41. The highest BCUT2D eigenvalue weighted by Gasteiger charge is 1.96. The maximum absolute atomic E-state index is 8.50.